The Labute approximate surface area is 145 Å². The Bertz CT molecular complexity index is 976. The molecule has 2 heterocycles. The van der Waals surface area contributed by atoms with Gasteiger partial charge in [0, 0.05) is 40.3 Å². The molecule has 5 nitrogen and oxygen atoms in total. The Balaban J connectivity index is 1.86. The van der Waals surface area contributed by atoms with Gasteiger partial charge >= 0.3 is 5.97 Å². The van der Waals surface area contributed by atoms with Crippen molar-refractivity contribution in [2.75, 3.05) is 12.4 Å². The van der Waals surface area contributed by atoms with E-state index in [1.165, 1.54) is 7.11 Å². The van der Waals surface area contributed by atoms with Gasteiger partial charge in [-0.05, 0) is 24.6 Å². The smallest absolute Gasteiger partial charge is 0.305 e. The van der Waals surface area contributed by atoms with Gasteiger partial charge in [-0.15, -0.1) is 0 Å². The van der Waals surface area contributed by atoms with Crippen LogP contribution < -0.4 is 5.32 Å². The number of ketones is 1. The number of H-pyrrole nitrogens is 1. The number of hydrogen-bond acceptors (Lipinski definition) is 4. The predicted molar refractivity (Wildman–Crippen MR) is 95.6 cm³/mol. The fourth-order valence-electron chi connectivity index (χ4n) is 3.62. The van der Waals surface area contributed by atoms with Crippen molar-refractivity contribution in [2.24, 2.45) is 0 Å². The summed E-state index contributed by atoms with van der Waals surface area (Å²) in [6, 6.07) is 15.3. The molecule has 0 spiro atoms. The van der Waals surface area contributed by atoms with Gasteiger partial charge < -0.3 is 15.0 Å². The molecular formula is C20H18N2O3. The van der Waals surface area contributed by atoms with Crippen LogP contribution in [0.25, 0.3) is 10.9 Å². The van der Waals surface area contributed by atoms with Crippen LogP contribution in [0.1, 0.15) is 28.8 Å². The Morgan fingerprint density at radius 3 is 2.68 bits per heavy atom. The Morgan fingerprint density at radius 1 is 1.12 bits per heavy atom. The molecule has 2 aromatic carbocycles. The van der Waals surface area contributed by atoms with E-state index >= 15 is 0 Å². The minimum absolute atomic E-state index is 0.0169. The maximum atomic E-state index is 13.3. The molecule has 0 fully saturated rings. The van der Waals surface area contributed by atoms with Crippen LogP contribution in [0, 0.1) is 0 Å². The lowest BCUT2D eigenvalue weighted by Crippen LogP contribution is -2.39. The summed E-state index contributed by atoms with van der Waals surface area (Å²) in [5.41, 5.74) is 2.28. The van der Waals surface area contributed by atoms with E-state index in [1.54, 1.807) is 0 Å². The van der Waals surface area contributed by atoms with Gasteiger partial charge in [-0.3, -0.25) is 9.59 Å². The van der Waals surface area contributed by atoms with Crippen molar-refractivity contribution >= 4 is 28.3 Å². The number of aromatic nitrogens is 1. The SMILES string of the molecule is COC(=O)CCC1(c2c[nH]c3ccccc23)Nc2ccccc2C1=O. The highest BCUT2D eigenvalue weighted by atomic mass is 16.5. The number of carbonyl (C=O) groups is 2. The molecule has 0 saturated heterocycles. The van der Waals surface area contributed by atoms with Gasteiger partial charge in [0.2, 0.25) is 0 Å². The van der Waals surface area contributed by atoms with Crippen molar-refractivity contribution in [3.8, 4) is 0 Å². The molecule has 126 valence electrons. The van der Waals surface area contributed by atoms with Gasteiger partial charge in [0.15, 0.2) is 5.78 Å². The minimum Gasteiger partial charge on any atom is -0.469 e. The molecule has 0 saturated carbocycles. The standard InChI is InChI=1S/C20H18N2O3/c1-25-18(23)10-11-20(15-12-21-16-8-4-2-6-13(15)16)19(24)14-7-3-5-9-17(14)22-20/h2-9,12,21-22H,10-11H2,1H3. The molecule has 1 aliphatic heterocycles. The lowest BCUT2D eigenvalue weighted by molar-refractivity contribution is -0.140. The first-order valence-electron chi connectivity index (χ1n) is 8.21. The maximum absolute atomic E-state index is 13.3. The molecular weight excluding hydrogens is 316 g/mol. The Morgan fingerprint density at radius 2 is 1.88 bits per heavy atom. The number of carbonyl (C=O) groups excluding carboxylic acids is 2. The van der Waals surface area contributed by atoms with E-state index in [1.807, 2.05) is 54.7 Å². The number of rotatable bonds is 4. The van der Waals surface area contributed by atoms with Crippen molar-refractivity contribution in [3.63, 3.8) is 0 Å². The van der Waals surface area contributed by atoms with Crippen LogP contribution in [0.4, 0.5) is 5.69 Å². The van der Waals surface area contributed by atoms with Crippen LogP contribution in [-0.4, -0.2) is 23.8 Å². The number of anilines is 1. The monoisotopic (exact) mass is 334 g/mol. The topological polar surface area (TPSA) is 71.2 Å². The molecule has 3 aromatic rings. The maximum Gasteiger partial charge on any atom is 0.305 e. The van der Waals surface area contributed by atoms with Gasteiger partial charge in [0.1, 0.15) is 5.54 Å². The molecule has 1 aromatic heterocycles. The Kier molecular flexibility index (Phi) is 3.57. The summed E-state index contributed by atoms with van der Waals surface area (Å²) in [5.74, 6) is -0.346. The first-order chi connectivity index (χ1) is 12.2. The Hall–Kier alpha value is -3.08. The molecule has 0 amide bonds. The lowest BCUT2D eigenvalue weighted by Gasteiger charge is -2.28. The van der Waals surface area contributed by atoms with Gasteiger partial charge in [-0.1, -0.05) is 30.3 Å². The predicted octanol–water partition coefficient (Wildman–Crippen LogP) is 3.62. The number of para-hydroxylation sites is 2. The number of ether oxygens (including phenoxy) is 1. The molecule has 1 atom stereocenters. The van der Waals surface area contributed by atoms with Gasteiger partial charge in [-0.2, -0.15) is 0 Å². The van der Waals surface area contributed by atoms with Crippen molar-refractivity contribution in [1.29, 1.82) is 0 Å². The van der Waals surface area contributed by atoms with Crippen molar-refractivity contribution < 1.29 is 14.3 Å². The average molecular weight is 334 g/mol. The fourth-order valence-corrected chi connectivity index (χ4v) is 3.62. The van der Waals surface area contributed by atoms with Gasteiger partial charge in [0.05, 0.1) is 7.11 Å². The quantitative estimate of drug-likeness (QED) is 0.715. The molecule has 0 bridgehead atoms. The largest absolute Gasteiger partial charge is 0.469 e. The molecule has 4 rings (SSSR count). The van der Waals surface area contributed by atoms with Crippen LogP contribution in [0.15, 0.2) is 54.7 Å². The summed E-state index contributed by atoms with van der Waals surface area (Å²) in [4.78, 5) is 28.3. The second-order valence-corrected chi connectivity index (χ2v) is 6.23. The van der Waals surface area contributed by atoms with E-state index in [-0.39, 0.29) is 18.2 Å². The molecule has 2 N–H and O–H groups in total. The van der Waals surface area contributed by atoms with Crippen LogP contribution in [0.3, 0.4) is 0 Å². The van der Waals surface area contributed by atoms with Crippen molar-refractivity contribution in [3.05, 3.63) is 65.9 Å². The third-order valence-corrected chi connectivity index (χ3v) is 4.89. The number of nitrogens with one attached hydrogen (secondary N) is 2. The second-order valence-electron chi connectivity index (χ2n) is 6.23. The average Bonchev–Trinajstić information content (AvgIpc) is 3.20. The van der Waals surface area contributed by atoms with E-state index in [0.717, 1.165) is 22.2 Å². The zero-order valence-corrected chi connectivity index (χ0v) is 13.8. The number of Topliss-reactive ketones (excluding diaryl/α,β-unsaturated/α-hetero) is 1. The zero-order chi connectivity index (χ0) is 17.4. The lowest BCUT2D eigenvalue weighted by atomic mass is 9.81. The molecule has 5 heteroatoms. The summed E-state index contributed by atoms with van der Waals surface area (Å²) in [6.07, 6.45) is 2.34. The minimum atomic E-state index is -0.975. The summed E-state index contributed by atoms with van der Waals surface area (Å²) in [6.45, 7) is 0. The number of aromatic amines is 1. The second kappa shape index (κ2) is 5.77. The van der Waals surface area contributed by atoms with Gasteiger partial charge in [-0.25, -0.2) is 0 Å². The highest BCUT2D eigenvalue weighted by Gasteiger charge is 2.47. The third kappa shape index (κ3) is 2.31. The van der Waals surface area contributed by atoms with Gasteiger partial charge in [0.25, 0.3) is 0 Å². The van der Waals surface area contributed by atoms with E-state index < -0.39 is 5.54 Å². The molecule has 1 unspecified atom stereocenters. The number of methoxy groups -OCH3 is 1. The summed E-state index contributed by atoms with van der Waals surface area (Å²) >= 11 is 0. The number of esters is 1. The third-order valence-electron chi connectivity index (χ3n) is 4.89. The number of hydrogen-bond donors (Lipinski definition) is 2. The van der Waals surface area contributed by atoms with E-state index in [2.05, 4.69) is 10.3 Å². The van der Waals surface area contributed by atoms with Crippen LogP contribution in [0.5, 0.6) is 0 Å². The highest BCUT2D eigenvalue weighted by molar-refractivity contribution is 6.15. The number of fused-ring (bicyclic) bond motifs is 2. The zero-order valence-electron chi connectivity index (χ0n) is 13.8. The molecule has 25 heavy (non-hydrogen) atoms. The van der Waals surface area contributed by atoms with Crippen LogP contribution in [0.2, 0.25) is 0 Å². The highest BCUT2D eigenvalue weighted by Crippen LogP contribution is 2.44. The van der Waals surface area contributed by atoms with E-state index in [0.29, 0.717) is 12.0 Å². The van der Waals surface area contributed by atoms with Crippen molar-refractivity contribution in [2.45, 2.75) is 18.4 Å². The molecule has 1 aliphatic rings. The van der Waals surface area contributed by atoms with Crippen LogP contribution >= 0.6 is 0 Å². The first-order valence-corrected chi connectivity index (χ1v) is 8.21. The number of benzene rings is 2. The summed E-state index contributed by atoms with van der Waals surface area (Å²) in [5, 5.41) is 4.37. The summed E-state index contributed by atoms with van der Waals surface area (Å²) in [7, 11) is 1.36. The molecule has 0 aliphatic carbocycles. The fraction of sp³-hybridized carbons (Fsp3) is 0.200. The molecule has 0 radical (unpaired) electrons. The van der Waals surface area contributed by atoms with Crippen LogP contribution in [-0.2, 0) is 15.1 Å². The summed E-state index contributed by atoms with van der Waals surface area (Å²) < 4.78 is 4.79. The van der Waals surface area contributed by atoms with Crippen molar-refractivity contribution in [1.82, 2.24) is 4.98 Å². The normalized spacial score (nSPS) is 18.8. The van der Waals surface area contributed by atoms with E-state index in [4.69, 9.17) is 4.74 Å². The first kappa shape index (κ1) is 15.4. The van der Waals surface area contributed by atoms with E-state index in [9.17, 15) is 9.59 Å².